The van der Waals surface area contributed by atoms with E-state index in [1.54, 1.807) is 20.4 Å². The van der Waals surface area contributed by atoms with Gasteiger partial charge in [-0.15, -0.1) is 0 Å². The highest BCUT2D eigenvalue weighted by molar-refractivity contribution is 5.94. The second kappa shape index (κ2) is 8.73. The first-order chi connectivity index (χ1) is 16.1. The number of ether oxygens (including phenoxy) is 2. The fourth-order valence-electron chi connectivity index (χ4n) is 3.90. The quantitative estimate of drug-likeness (QED) is 0.491. The maximum absolute atomic E-state index is 6.82. The van der Waals surface area contributed by atoms with Crippen LogP contribution in [0.4, 0.5) is 11.5 Å². The van der Waals surface area contributed by atoms with Crippen molar-refractivity contribution in [3.8, 4) is 17.0 Å². The van der Waals surface area contributed by atoms with Gasteiger partial charge in [0.15, 0.2) is 5.82 Å². The summed E-state index contributed by atoms with van der Waals surface area (Å²) in [5.74, 6) is 1.02. The SMILES string of the molecule is COc1cc(-c2cnc(C)n2C)ccc1C1(N)N=Cc2cc(C)nc(NCC(C)(C)OC)c2N1. The van der Waals surface area contributed by atoms with Crippen molar-refractivity contribution in [2.75, 3.05) is 31.4 Å². The van der Waals surface area contributed by atoms with Crippen LogP contribution in [0.25, 0.3) is 11.3 Å². The molecular formula is C25H33N7O2. The Hall–Kier alpha value is -3.43. The molecule has 34 heavy (non-hydrogen) atoms. The van der Waals surface area contributed by atoms with Crippen molar-refractivity contribution in [1.82, 2.24) is 14.5 Å². The summed E-state index contributed by atoms with van der Waals surface area (Å²) < 4.78 is 13.3. The van der Waals surface area contributed by atoms with E-state index in [4.69, 9.17) is 20.2 Å². The molecule has 4 rings (SSSR count). The van der Waals surface area contributed by atoms with Crippen LogP contribution in [-0.2, 0) is 17.6 Å². The molecule has 0 saturated carbocycles. The van der Waals surface area contributed by atoms with Gasteiger partial charge in [0.05, 0.1) is 35.9 Å². The number of aromatic nitrogens is 3. The van der Waals surface area contributed by atoms with Gasteiger partial charge in [-0.2, -0.15) is 0 Å². The molecule has 0 aliphatic carbocycles. The Bertz CT molecular complexity index is 1250. The predicted octanol–water partition coefficient (Wildman–Crippen LogP) is 3.56. The maximum Gasteiger partial charge on any atom is 0.212 e. The van der Waals surface area contributed by atoms with E-state index in [2.05, 4.69) is 20.6 Å². The Labute approximate surface area is 200 Å². The van der Waals surface area contributed by atoms with E-state index in [1.807, 2.05) is 69.8 Å². The van der Waals surface area contributed by atoms with Crippen molar-refractivity contribution >= 4 is 17.7 Å². The molecule has 1 aliphatic rings. The number of rotatable bonds is 7. The molecule has 180 valence electrons. The van der Waals surface area contributed by atoms with Crippen LogP contribution in [0.1, 0.15) is 36.5 Å². The molecule has 0 saturated heterocycles. The van der Waals surface area contributed by atoms with E-state index < -0.39 is 5.79 Å². The molecule has 9 heteroatoms. The lowest BCUT2D eigenvalue weighted by Gasteiger charge is -2.34. The molecule has 1 aliphatic heterocycles. The van der Waals surface area contributed by atoms with Crippen LogP contribution in [0.3, 0.4) is 0 Å². The molecule has 0 amide bonds. The van der Waals surface area contributed by atoms with Crippen LogP contribution >= 0.6 is 0 Å². The molecule has 0 bridgehead atoms. The number of pyridine rings is 1. The molecule has 4 N–H and O–H groups in total. The van der Waals surface area contributed by atoms with Gasteiger partial charge in [0.1, 0.15) is 11.6 Å². The number of nitrogens with one attached hydrogen (secondary N) is 2. The van der Waals surface area contributed by atoms with E-state index in [9.17, 15) is 0 Å². The van der Waals surface area contributed by atoms with Gasteiger partial charge < -0.3 is 24.7 Å². The van der Waals surface area contributed by atoms with Crippen molar-refractivity contribution < 1.29 is 9.47 Å². The summed E-state index contributed by atoms with van der Waals surface area (Å²) in [6, 6.07) is 7.88. The smallest absolute Gasteiger partial charge is 0.212 e. The van der Waals surface area contributed by atoms with Crippen LogP contribution in [-0.4, -0.2) is 47.1 Å². The van der Waals surface area contributed by atoms with Gasteiger partial charge in [0.2, 0.25) is 5.79 Å². The highest BCUT2D eigenvalue weighted by atomic mass is 16.5. The van der Waals surface area contributed by atoms with Crippen molar-refractivity contribution in [2.24, 2.45) is 17.8 Å². The van der Waals surface area contributed by atoms with Crippen molar-refractivity contribution in [2.45, 2.75) is 39.1 Å². The fourth-order valence-corrected chi connectivity index (χ4v) is 3.90. The second-order valence-corrected chi connectivity index (χ2v) is 9.21. The zero-order valence-electron chi connectivity index (χ0n) is 20.9. The zero-order chi connectivity index (χ0) is 24.7. The van der Waals surface area contributed by atoms with Crippen molar-refractivity contribution in [3.63, 3.8) is 0 Å². The summed E-state index contributed by atoms with van der Waals surface area (Å²) in [6.45, 7) is 8.52. The Morgan fingerprint density at radius 1 is 1.21 bits per heavy atom. The molecule has 2 aromatic heterocycles. The predicted molar refractivity (Wildman–Crippen MR) is 136 cm³/mol. The van der Waals surface area contributed by atoms with E-state index >= 15 is 0 Å². The molecule has 0 radical (unpaired) electrons. The highest BCUT2D eigenvalue weighted by Gasteiger charge is 2.34. The molecule has 3 aromatic rings. The summed E-state index contributed by atoms with van der Waals surface area (Å²) in [5, 5.41) is 6.81. The molecule has 0 spiro atoms. The fraction of sp³-hybridized carbons (Fsp3) is 0.400. The van der Waals surface area contributed by atoms with Gasteiger partial charge in [-0.25, -0.2) is 15.0 Å². The minimum absolute atomic E-state index is 0.357. The molecule has 0 fully saturated rings. The van der Waals surface area contributed by atoms with Crippen LogP contribution in [0.5, 0.6) is 5.75 Å². The number of aryl methyl sites for hydroxylation is 2. The van der Waals surface area contributed by atoms with Crippen LogP contribution < -0.4 is 21.1 Å². The van der Waals surface area contributed by atoms with Crippen LogP contribution in [0, 0.1) is 13.8 Å². The standard InChI is InChI=1S/C25H33N7O2/c1-15-10-18-12-29-25(26,31-22(18)23(30-15)28-14-24(3,4)34-7)19-9-8-17(11-21(19)33-6)20-13-27-16(2)32(20)5/h8-13,31H,14,26H2,1-7H3,(H,28,30). The lowest BCUT2D eigenvalue weighted by molar-refractivity contribution is 0.0343. The lowest BCUT2D eigenvalue weighted by atomic mass is 10.0. The molecule has 3 heterocycles. The summed E-state index contributed by atoms with van der Waals surface area (Å²) in [6.07, 6.45) is 3.63. The molecule has 1 atom stereocenters. The summed E-state index contributed by atoms with van der Waals surface area (Å²) in [5.41, 5.74) is 11.7. The number of methoxy groups -OCH3 is 2. The Morgan fingerprint density at radius 3 is 2.62 bits per heavy atom. The third-order valence-electron chi connectivity index (χ3n) is 6.26. The van der Waals surface area contributed by atoms with E-state index in [1.165, 1.54) is 0 Å². The number of anilines is 2. The largest absolute Gasteiger partial charge is 0.496 e. The Kier molecular flexibility index (Phi) is 6.09. The number of hydrogen-bond donors (Lipinski definition) is 3. The maximum atomic E-state index is 6.82. The number of hydrogen-bond acceptors (Lipinski definition) is 8. The number of aliphatic imine (C=N–C) groups is 1. The zero-order valence-corrected chi connectivity index (χ0v) is 20.9. The van der Waals surface area contributed by atoms with E-state index in [0.717, 1.165) is 34.0 Å². The number of imidazole rings is 1. The highest BCUT2D eigenvalue weighted by Crippen LogP contribution is 2.39. The summed E-state index contributed by atoms with van der Waals surface area (Å²) in [7, 11) is 5.31. The minimum Gasteiger partial charge on any atom is -0.496 e. The van der Waals surface area contributed by atoms with Gasteiger partial charge in [-0.05, 0) is 45.9 Å². The van der Waals surface area contributed by atoms with Gasteiger partial charge >= 0.3 is 0 Å². The monoisotopic (exact) mass is 463 g/mol. The van der Waals surface area contributed by atoms with Crippen LogP contribution in [0.15, 0.2) is 35.5 Å². The normalized spacial score (nSPS) is 17.3. The molecule has 1 aromatic carbocycles. The topological polar surface area (TPSA) is 112 Å². The summed E-state index contributed by atoms with van der Waals surface area (Å²) in [4.78, 5) is 13.8. The minimum atomic E-state index is -1.23. The van der Waals surface area contributed by atoms with Crippen molar-refractivity contribution in [1.29, 1.82) is 0 Å². The van der Waals surface area contributed by atoms with Gasteiger partial charge in [0, 0.05) is 43.7 Å². The molecular weight excluding hydrogens is 430 g/mol. The van der Waals surface area contributed by atoms with E-state index in [-0.39, 0.29) is 5.60 Å². The summed E-state index contributed by atoms with van der Waals surface area (Å²) >= 11 is 0. The lowest BCUT2D eigenvalue weighted by Crippen LogP contribution is -2.45. The average molecular weight is 464 g/mol. The number of benzene rings is 1. The average Bonchev–Trinajstić information content (AvgIpc) is 3.15. The van der Waals surface area contributed by atoms with Crippen molar-refractivity contribution in [3.05, 3.63) is 53.1 Å². The molecule has 1 unspecified atom stereocenters. The third kappa shape index (κ3) is 4.36. The van der Waals surface area contributed by atoms with Crippen LogP contribution in [0.2, 0.25) is 0 Å². The van der Waals surface area contributed by atoms with Gasteiger partial charge in [0.25, 0.3) is 0 Å². The first kappa shape index (κ1) is 23.7. The van der Waals surface area contributed by atoms with E-state index in [0.29, 0.717) is 23.7 Å². The Morgan fingerprint density at radius 2 is 1.97 bits per heavy atom. The number of nitrogens with two attached hydrogens (primary N) is 1. The molecule has 9 nitrogen and oxygen atoms in total. The van der Waals surface area contributed by atoms with Gasteiger partial charge in [-0.1, -0.05) is 6.07 Å². The first-order valence-electron chi connectivity index (χ1n) is 11.2. The number of fused-ring (bicyclic) bond motifs is 1. The second-order valence-electron chi connectivity index (χ2n) is 9.21. The third-order valence-corrected chi connectivity index (χ3v) is 6.26. The number of nitrogens with zero attached hydrogens (tertiary/aromatic N) is 4. The van der Waals surface area contributed by atoms with Gasteiger partial charge in [-0.3, -0.25) is 5.73 Å². The Balaban J connectivity index is 1.71. The first-order valence-corrected chi connectivity index (χ1v) is 11.2.